The van der Waals surface area contributed by atoms with Gasteiger partial charge in [0.15, 0.2) is 0 Å². The third-order valence-corrected chi connectivity index (χ3v) is 5.93. The van der Waals surface area contributed by atoms with Gasteiger partial charge in [-0.25, -0.2) is 4.39 Å². The van der Waals surface area contributed by atoms with E-state index in [2.05, 4.69) is 4.98 Å². The molecule has 0 fully saturated rings. The van der Waals surface area contributed by atoms with Crippen molar-refractivity contribution in [1.29, 1.82) is 0 Å². The van der Waals surface area contributed by atoms with Crippen molar-refractivity contribution in [2.75, 3.05) is 0 Å². The van der Waals surface area contributed by atoms with Gasteiger partial charge in [0.2, 0.25) is 0 Å². The number of thiazole rings is 1. The molecule has 0 saturated carbocycles. The first kappa shape index (κ1) is 15.1. The molecule has 2 atom stereocenters. The third-order valence-electron chi connectivity index (χ3n) is 3.31. The van der Waals surface area contributed by atoms with E-state index in [1.54, 1.807) is 23.8 Å². The summed E-state index contributed by atoms with van der Waals surface area (Å²) in [5.41, 5.74) is 3.56. The molecule has 112 valence electrons. The van der Waals surface area contributed by atoms with E-state index in [9.17, 15) is 8.60 Å². The molecule has 3 rings (SSSR count). The van der Waals surface area contributed by atoms with E-state index in [-0.39, 0.29) is 11.1 Å². The number of rotatable bonds is 5. The SMILES string of the molecule is O=[S@](Cc1cncs1)[C@@H](c1ccccc1)c1ccc(F)cc1. The molecule has 0 radical (unpaired) electrons. The summed E-state index contributed by atoms with van der Waals surface area (Å²) >= 11 is 1.50. The van der Waals surface area contributed by atoms with Crippen molar-refractivity contribution in [2.45, 2.75) is 11.0 Å². The third kappa shape index (κ3) is 3.48. The first-order valence-electron chi connectivity index (χ1n) is 6.79. The lowest BCUT2D eigenvalue weighted by Gasteiger charge is -2.17. The maximum Gasteiger partial charge on any atom is 0.123 e. The lowest BCUT2D eigenvalue weighted by atomic mass is 10.0. The molecule has 1 heterocycles. The van der Waals surface area contributed by atoms with Gasteiger partial charge in [-0.1, -0.05) is 42.5 Å². The van der Waals surface area contributed by atoms with Crippen LogP contribution in [0.25, 0.3) is 0 Å². The number of halogens is 1. The van der Waals surface area contributed by atoms with Crippen molar-refractivity contribution >= 4 is 22.1 Å². The van der Waals surface area contributed by atoms with E-state index in [1.807, 2.05) is 30.3 Å². The van der Waals surface area contributed by atoms with Gasteiger partial charge in [0.05, 0.1) is 16.5 Å². The Morgan fingerprint density at radius 3 is 2.36 bits per heavy atom. The van der Waals surface area contributed by atoms with Crippen molar-refractivity contribution in [2.24, 2.45) is 0 Å². The lowest BCUT2D eigenvalue weighted by Crippen LogP contribution is -2.10. The standard InChI is InChI=1S/C17H14FNOS2/c18-15-8-6-14(7-9-15)17(13-4-2-1-3-5-13)22(20)11-16-10-19-12-21-16/h1-10,12,17H,11H2/t17-,22+/m0/s1. The van der Waals surface area contributed by atoms with E-state index in [0.717, 1.165) is 16.0 Å². The molecule has 0 aliphatic carbocycles. The zero-order valence-corrected chi connectivity index (χ0v) is 13.3. The topological polar surface area (TPSA) is 30.0 Å². The Bertz CT molecular complexity index is 742. The minimum atomic E-state index is -1.15. The smallest absolute Gasteiger partial charge is 0.123 e. The molecule has 0 bridgehead atoms. The minimum absolute atomic E-state index is 0.274. The molecule has 0 aliphatic heterocycles. The normalized spacial score (nSPS) is 13.7. The van der Waals surface area contributed by atoms with E-state index in [1.165, 1.54) is 23.5 Å². The first-order valence-corrected chi connectivity index (χ1v) is 9.05. The second-order valence-electron chi connectivity index (χ2n) is 4.84. The number of hydrogen-bond donors (Lipinski definition) is 0. The van der Waals surface area contributed by atoms with Gasteiger partial charge in [-0.3, -0.25) is 9.19 Å². The van der Waals surface area contributed by atoms with Gasteiger partial charge < -0.3 is 0 Å². The average Bonchev–Trinajstić information content (AvgIpc) is 3.03. The summed E-state index contributed by atoms with van der Waals surface area (Å²) in [5, 5.41) is -0.274. The zero-order valence-electron chi connectivity index (χ0n) is 11.7. The monoisotopic (exact) mass is 331 g/mol. The summed E-state index contributed by atoms with van der Waals surface area (Å²) in [6.45, 7) is 0. The summed E-state index contributed by atoms with van der Waals surface area (Å²) in [4.78, 5) is 5.01. The number of aromatic nitrogens is 1. The van der Waals surface area contributed by atoms with Crippen LogP contribution in [-0.4, -0.2) is 9.19 Å². The molecule has 0 amide bonds. The van der Waals surface area contributed by atoms with Gasteiger partial charge >= 0.3 is 0 Å². The van der Waals surface area contributed by atoms with E-state index in [0.29, 0.717) is 5.75 Å². The number of hydrogen-bond acceptors (Lipinski definition) is 3. The van der Waals surface area contributed by atoms with Crippen LogP contribution >= 0.6 is 11.3 Å². The first-order chi connectivity index (χ1) is 10.7. The van der Waals surface area contributed by atoms with E-state index in [4.69, 9.17) is 0 Å². The minimum Gasteiger partial charge on any atom is -0.258 e. The van der Waals surface area contributed by atoms with Crippen LogP contribution in [0.2, 0.25) is 0 Å². The number of nitrogens with zero attached hydrogens (tertiary/aromatic N) is 1. The molecule has 1 aromatic heterocycles. The van der Waals surface area contributed by atoms with Crippen LogP contribution in [-0.2, 0) is 16.6 Å². The molecular weight excluding hydrogens is 317 g/mol. The maximum absolute atomic E-state index is 13.2. The Hall–Kier alpha value is -1.85. The summed E-state index contributed by atoms with van der Waals surface area (Å²) in [6.07, 6.45) is 1.75. The van der Waals surface area contributed by atoms with Crippen molar-refractivity contribution in [3.63, 3.8) is 0 Å². The maximum atomic E-state index is 13.2. The Kier molecular flexibility index (Phi) is 4.75. The van der Waals surface area contributed by atoms with Gasteiger partial charge in [-0.15, -0.1) is 11.3 Å². The van der Waals surface area contributed by atoms with Gasteiger partial charge in [0, 0.05) is 21.9 Å². The molecule has 3 aromatic rings. The highest BCUT2D eigenvalue weighted by Gasteiger charge is 2.21. The molecule has 2 aromatic carbocycles. The average molecular weight is 331 g/mol. The second-order valence-corrected chi connectivity index (χ2v) is 7.33. The van der Waals surface area contributed by atoms with Crippen molar-refractivity contribution in [3.8, 4) is 0 Å². The van der Waals surface area contributed by atoms with Gasteiger partial charge in [-0.05, 0) is 23.3 Å². The fourth-order valence-corrected chi connectivity index (χ4v) is 4.74. The summed E-state index contributed by atoms with van der Waals surface area (Å²) in [7, 11) is -1.15. The second kappa shape index (κ2) is 6.94. The largest absolute Gasteiger partial charge is 0.258 e. The summed E-state index contributed by atoms with van der Waals surface area (Å²) < 4.78 is 26.1. The van der Waals surface area contributed by atoms with Crippen molar-refractivity contribution in [1.82, 2.24) is 4.98 Å². The van der Waals surface area contributed by atoms with Gasteiger partial charge in [-0.2, -0.15) is 0 Å². The zero-order chi connectivity index (χ0) is 15.4. The fraction of sp³-hybridized carbons (Fsp3) is 0.118. The molecule has 0 spiro atoms. The highest BCUT2D eigenvalue weighted by Crippen LogP contribution is 2.30. The summed E-state index contributed by atoms with van der Waals surface area (Å²) in [6, 6.07) is 15.9. The number of benzene rings is 2. The molecule has 0 unspecified atom stereocenters. The molecular formula is C17H14FNOS2. The highest BCUT2D eigenvalue weighted by atomic mass is 32.2. The molecule has 0 aliphatic rings. The highest BCUT2D eigenvalue weighted by molar-refractivity contribution is 7.84. The Morgan fingerprint density at radius 2 is 1.73 bits per heavy atom. The van der Waals surface area contributed by atoms with Crippen LogP contribution in [0.15, 0.2) is 66.3 Å². The Balaban J connectivity index is 1.95. The molecule has 0 N–H and O–H groups in total. The van der Waals surface area contributed by atoms with Crippen LogP contribution in [0, 0.1) is 5.82 Å². The van der Waals surface area contributed by atoms with Crippen molar-refractivity contribution < 1.29 is 8.60 Å². The molecule has 2 nitrogen and oxygen atoms in total. The lowest BCUT2D eigenvalue weighted by molar-refractivity contribution is 0.627. The quantitative estimate of drug-likeness (QED) is 0.697. The van der Waals surface area contributed by atoms with Crippen LogP contribution < -0.4 is 0 Å². The predicted molar refractivity (Wildman–Crippen MR) is 88.6 cm³/mol. The Labute approximate surface area is 135 Å². The molecule has 22 heavy (non-hydrogen) atoms. The van der Waals surface area contributed by atoms with E-state index < -0.39 is 10.8 Å². The van der Waals surface area contributed by atoms with Crippen LogP contribution in [0.1, 0.15) is 21.3 Å². The predicted octanol–water partition coefficient (Wildman–Crippen LogP) is 4.32. The van der Waals surface area contributed by atoms with Crippen LogP contribution in [0.4, 0.5) is 4.39 Å². The fourth-order valence-electron chi connectivity index (χ4n) is 2.30. The molecule has 0 saturated heterocycles. The van der Waals surface area contributed by atoms with Crippen LogP contribution in [0.5, 0.6) is 0 Å². The molecule has 5 heteroatoms. The summed E-state index contributed by atoms with van der Waals surface area (Å²) in [5.74, 6) is 0.158. The Morgan fingerprint density at radius 1 is 1.05 bits per heavy atom. The van der Waals surface area contributed by atoms with Gasteiger partial charge in [0.25, 0.3) is 0 Å². The van der Waals surface area contributed by atoms with Gasteiger partial charge in [0.1, 0.15) is 5.82 Å². The van der Waals surface area contributed by atoms with E-state index >= 15 is 0 Å². The van der Waals surface area contributed by atoms with Crippen molar-refractivity contribution in [3.05, 3.63) is 88.1 Å². The van der Waals surface area contributed by atoms with Crippen LogP contribution in [0.3, 0.4) is 0 Å².